The molecule has 0 spiro atoms. The van der Waals surface area contributed by atoms with E-state index >= 15 is 0 Å². The van der Waals surface area contributed by atoms with Gasteiger partial charge in [0.25, 0.3) is 5.91 Å². The third kappa shape index (κ3) is 8.90. The van der Waals surface area contributed by atoms with Crippen LogP contribution in [-0.4, -0.2) is 42.3 Å². The molecule has 0 aromatic heterocycles. The van der Waals surface area contributed by atoms with Gasteiger partial charge in [0.15, 0.2) is 0 Å². The van der Waals surface area contributed by atoms with Crippen LogP contribution in [0.2, 0.25) is 10.0 Å². The number of nitrogens with two attached hydrogens (primary N) is 1. The van der Waals surface area contributed by atoms with Crippen LogP contribution in [0, 0.1) is 0 Å². The topological polar surface area (TPSA) is 77.2 Å². The van der Waals surface area contributed by atoms with Gasteiger partial charge in [-0.2, -0.15) is 5.10 Å². The van der Waals surface area contributed by atoms with Crippen molar-refractivity contribution in [3.05, 3.63) is 57.6 Å². The van der Waals surface area contributed by atoms with Crippen LogP contribution in [0.1, 0.15) is 62.9 Å². The SMILES string of the molecule is CC(C)N(C(=O)c1c(Cl)cc(OCCCCCOc2ccc(C=NN)cc2)cc1Cl)C(C)C.Cl. The van der Waals surface area contributed by atoms with Crippen LogP contribution >= 0.6 is 35.6 Å². The molecule has 2 aromatic rings. The first-order chi connectivity index (χ1) is 15.7. The summed E-state index contributed by atoms with van der Waals surface area (Å²) in [5.74, 6) is 6.33. The molecule has 0 aliphatic heterocycles. The standard InChI is InChI=1S/C25H33Cl2N3O3.ClH/c1-17(2)30(18(3)4)25(31)24-22(26)14-21(15-23(24)27)33-13-7-5-6-12-32-20-10-8-19(9-11-20)16-29-28;/h8-11,14-18H,5-7,12-13,28H2,1-4H3;1H. The van der Waals surface area contributed by atoms with Gasteiger partial charge in [0, 0.05) is 12.1 Å². The third-order valence-electron chi connectivity index (χ3n) is 5.01. The number of carbonyl (C=O) groups excluding carboxylic acids is 1. The van der Waals surface area contributed by atoms with E-state index in [1.807, 2.05) is 52.0 Å². The average molecular weight is 531 g/mol. The highest BCUT2D eigenvalue weighted by atomic mass is 35.5. The van der Waals surface area contributed by atoms with Crippen molar-refractivity contribution >= 4 is 47.7 Å². The van der Waals surface area contributed by atoms with Gasteiger partial charge in [-0.3, -0.25) is 4.79 Å². The van der Waals surface area contributed by atoms with E-state index < -0.39 is 0 Å². The Hall–Kier alpha value is -2.15. The fraction of sp³-hybridized carbons (Fsp3) is 0.440. The molecule has 2 rings (SSSR count). The van der Waals surface area contributed by atoms with Crippen LogP contribution in [0.4, 0.5) is 0 Å². The van der Waals surface area contributed by atoms with E-state index in [1.54, 1.807) is 23.2 Å². The van der Waals surface area contributed by atoms with Crippen molar-refractivity contribution in [2.24, 2.45) is 10.9 Å². The number of hydrogen-bond donors (Lipinski definition) is 1. The zero-order chi connectivity index (χ0) is 24.4. The highest BCUT2D eigenvalue weighted by molar-refractivity contribution is 6.39. The Balaban J connectivity index is 0.00000578. The summed E-state index contributed by atoms with van der Waals surface area (Å²) in [5.41, 5.74) is 1.24. The second-order valence-electron chi connectivity index (χ2n) is 8.27. The van der Waals surface area contributed by atoms with Crippen molar-refractivity contribution in [3.8, 4) is 11.5 Å². The van der Waals surface area contributed by atoms with Gasteiger partial charge in [0.2, 0.25) is 0 Å². The molecule has 6 nitrogen and oxygen atoms in total. The predicted octanol–water partition coefficient (Wildman–Crippen LogP) is 6.59. The summed E-state index contributed by atoms with van der Waals surface area (Å²) >= 11 is 12.8. The van der Waals surface area contributed by atoms with Crippen molar-refractivity contribution in [2.45, 2.75) is 59.0 Å². The molecule has 0 aliphatic carbocycles. The zero-order valence-corrected chi connectivity index (χ0v) is 22.4. The van der Waals surface area contributed by atoms with Gasteiger partial charge < -0.3 is 20.2 Å². The Morgan fingerprint density at radius 2 is 1.44 bits per heavy atom. The Bertz CT molecular complexity index is 904. The molecule has 0 aliphatic rings. The lowest BCUT2D eigenvalue weighted by Gasteiger charge is -2.31. The van der Waals surface area contributed by atoms with Gasteiger partial charge in [0.1, 0.15) is 11.5 Å². The number of rotatable bonds is 12. The molecule has 0 atom stereocenters. The fourth-order valence-corrected chi connectivity index (χ4v) is 4.16. The summed E-state index contributed by atoms with van der Waals surface area (Å²) in [6.45, 7) is 9.03. The maximum absolute atomic E-state index is 13.0. The summed E-state index contributed by atoms with van der Waals surface area (Å²) in [4.78, 5) is 14.7. The Morgan fingerprint density at radius 1 is 0.941 bits per heavy atom. The summed E-state index contributed by atoms with van der Waals surface area (Å²) in [7, 11) is 0. The number of unbranched alkanes of at least 4 members (excludes halogenated alkanes) is 2. The molecule has 0 unspecified atom stereocenters. The van der Waals surface area contributed by atoms with Gasteiger partial charge >= 0.3 is 0 Å². The summed E-state index contributed by atoms with van der Waals surface area (Å²) in [6.07, 6.45) is 4.30. The van der Waals surface area contributed by atoms with Gasteiger partial charge in [-0.05, 0) is 88.9 Å². The normalized spacial score (nSPS) is 11.1. The summed E-state index contributed by atoms with van der Waals surface area (Å²) in [6, 6.07) is 11.0. The third-order valence-corrected chi connectivity index (χ3v) is 5.60. The highest BCUT2D eigenvalue weighted by Crippen LogP contribution is 2.32. The van der Waals surface area contributed by atoms with Crippen LogP contribution in [0.5, 0.6) is 11.5 Å². The maximum atomic E-state index is 13.0. The number of halogens is 3. The quantitative estimate of drug-likeness (QED) is 0.145. The van der Waals surface area contributed by atoms with Crippen molar-refractivity contribution in [3.63, 3.8) is 0 Å². The van der Waals surface area contributed by atoms with Gasteiger partial charge in [-0.15, -0.1) is 12.4 Å². The van der Waals surface area contributed by atoms with Gasteiger partial charge in [-0.25, -0.2) is 0 Å². The smallest absolute Gasteiger partial charge is 0.257 e. The van der Waals surface area contributed by atoms with E-state index in [-0.39, 0.29) is 30.4 Å². The van der Waals surface area contributed by atoms with E-state index in [1.165, 1.54) is 0 Å². The van der Waals surface area contributed by atoms with Crippen LogP contribution in [-0.2, 0) is 0 Å². The molecule has 0 saturated carbocycles. The monoisotopic (exact) mass is 529 g/mol. The number of carbonyl (C=O) groups is 1. The summed E-state index contributed by atoms with van der Waals surface area (Å²) in [5, 5.41) is 4.09. The van der Waals surface area contributed by atoms with E-state index in [9.17, 15) is 4.79 Å². The van der Waals surface area contributed by atoms with E-state index in [0.29, 0.717) is 34.6 Å². The molecule has 0 saturated heterocycles. The molecular formula is C25H34Cl3N3O3. The lowest BCUT2D eigenvalue weighted by atomic mass is 10.1. The van der Waals surface area contributed by atoms with Crippen molar-refractivity contribution in [1.82, 2.24) is 4.90 Å². The number of ether oxygens (including phenoxy) is 2. The van der Waals surface area contributed by atoms with E-state index in [0.717, 1.165) is 30.6 Å². The van der Waals surface area contributed by atoms with E-state index in [4.69, 9.17) is 38.5 Å². The first kappa shape index (κ1) is 29.9. The minimum absolute atomic E-state index is 0. The lowest BCUT2D eigenvalue weighted by Crippen LogP contribution is -2.42. The molecule has 2 aromatic carbocycles. The fourth-order valence-electron chi connectivity index (χ4n) is 3.53. The first-order valence-electron chi connectivity index (χ1n) is 11.1. The van der Waals surface area contributed by atoms with Gasteiger partial charge in [-0.1, -0.05) is 23.2 Å². The maximum Gasteiger partial charge on any atom is 0.257 e. The van der Waals surface area contributed by atoms with Crippen molar-refractivity contribution < 1.29 is 14.3 Å². The molecule has 188 valence electrons. The molecule has 0 fully saturated rings. The second-order valence-corrected chi connectivity index (χ2v) is 9.08. The Morgan fingerprint density at radius 3 is 1.91 bits per heavy atom. The van der Waals surface area contributed by atoms with Crippen molar-refractivity contribution in [1.29, 1.82) is 0 Å². The molecule has 0 bridgehead atoms. The second kappa shape index (κ2) is 15.0. The van der Waals surface area contributed by atoms with Crippen LogP contribution < -0.4 is 15.3 Å². The molecule has 1 amide bonds. The number of hydrogen-bond acceptors (Lipinski definition) is 5. The average Bonchev–Trinajstić information content (AvgIpc) is 2.73. The van der Waals surface area contributed by atoms with Crippen LogP contribution in [0.15, 0.2) is 41.5 Å². The number of benzene rings is 2. The number of hydrazone groups is 1. The lowest BCUT2D eigenvalue weighted by molar-refractivity contribution is 0.0644. The molecule has 9 heteroatoms. The molecule has 2 N–H and O–H groups in total. The zero-order valence-electron chi connectivity index (χ0n) is 20.1. The minimum atomic E-state index is -0.177. The molecule has 0 heterocycles. The van der Waals surface area contributed by atoms with Gasteiger partial charge in [0.05, 0.1) is 35.0 Å². The molecular weight excluding hydrogens is 497 g/mol. The molecule has 34 heavy (non-hydrogen) atoms. The van der Waals surface area contributed by atoms with Crippen molar-refractivity contribution in [2.75, 3.05) is 13.2 Å². The summed E-state index contributed by atoms with van der Waals surface area (Å²) < 4.78 is 11.5. The van der Waals surface area contributed by atoms with Crippen LogP contribution in [0.25, 0.3) is 0 Å². The van der Waals surface area contributed by atoms with E-state index in [2.05, 4.69) is 5.10 Å². The number of amides is 1. The largest absolute Gasteiger partial charge is 0.494 e. The molecule has 0 radical (unpaired) electrons. The Kier molecular flexibility index (Phi) is 13.2. The minimum Gasteiger partial charge on any atom is -0.494 e. The highest BCUT2D eigenvalue weighted by Gasteiger charge is 2.26. The van der Waals surface area contributed by atoms with Crippen LogP contribution in [0.3, 0.4) is 0 Å². The first-order valence-corrected chi connectivity index (χ1v) is 11.9. The number of nitrogens with zero attached hydrogens (tertiary/aromatic N) is 2. The Labute approximate surface area is 218 Å². The predicted molar refractivity (Wildman–Crippen MR) is 143 cm³/mol.